The van der Waals surface area contributed by atoms with E-state index < -0.39 is 11.2 Å². The van der Waals surface area contributed by atoms with Gasteiger partial charge in [-0.15, -0.1) is 0 Å². The van der Waals surface area contributed by atoms with Crippen molar-refractivity contribution >= 4 is 11.2 Å². The molecule has 0 radical (unpaired) electrons. The number of aromatic nitrogens is 4. The lowest BCUT2D eigenvalue weighted by molar-refractivity contribution is 0.775. The Hall–Kier alpha value is -1.85. The van der Waals surface area contributed by atoms with Gasteiger partial charge >= 0.3 is 5.69 Å². The monoisotopic (exact) mass is 180 g/mol. The molecule has 0 aliphatic rings. The second kappa shape index (κ2) is 2.58. The Morgan fingerprint density at radius 2 is 2.23 bits per heavy atom. The van der Waals surface area contributed by atoms with E-state index in [1.807, 2.05) is 6.92 Å². The van der Waals surface area contributed by atoms with Crippen LogP contribution < -0.4 is 11.2 Å². The van der Waals surface area contributed by atoms with E-state index in [1.165, 1.54) is 6.33 Å². The summed E-state index contributed by atoms with van der Waals surface area (Å²) in [7, 11) is 0. The third-order valence-corrected chi connectivity index (χ3v) is 1.85. The van der Waals surface area contributed by atoms with Crippen molar-refractivity contribution in [3.8, 4) is 0 Å². The summed E-state index contributed by atoms with van der Waals surface area (Å²) in [6, 6.07) is 0. The van der Waals surface area contributed by atoms with E-state index >= 15 is 0 Å². The molecule has 0 fully saturated rings. The summed E-state index contributed by atoms with van der Waals surface area (Å²) < 4.78 is 1.70. The Kier molecular flexibility index (Phi) is 1.54. The molecule has 13 heavy (non-hydrogen) atoms. The van der Waals surface area contributed by atoms with E-state index in [4.69, 9.17) is 0 Å². The van der Waals surface area contributed by atoms with Crippen LogP contribution in [0.4, 0.5) is 0 Å². The molecule has 0 spiro atoms. The van der Waals surface area contributed by atoms with Gasteiger partial charge in [-0.2, -0.15) is 0 Å². The molecule has 0 amide bonds. The summed E-state index contributed by atoms with van der Waals surface area (Å²) in [5.41, 5.74) is -0.226. The van der Waals surface area contributed by atoms with E-state index in [9.17, 15) is 9.59 Å². The molecule has 0 unspecified atom stereocenters. The molecular formula is C7H8N4O2. The minimum absolute atomic E-state index is 0.265. The third-order valence-electron chi connectivity index (χ3n) is 1.85. The molecule has 6 heteroatoms. The SMILES string of the molecule is CCn1cnc2c(=O)[nH]c(=O)[nH]c21. The molecule has 0 atom stereocenters. The Morgan fingerprint density at radius 3 is 2.92 bits per heavy atom. The Bertz CT molecular complexity index is 547. The quantitative estimate of drug-likeness (QED) is 0.616. The molecule has 6 nitrogen and oxygen atoms in total. The maximum atomic E-state index is 11.2. The van der Waals surface area contributed by atoms with Crippen LogP contribution in [0, 0.1) is 0 Å². The highest BCUT2D eigenvalue weighted by atomic mass is 16.2. The van der Waals surface area contributed by atoms with Crippen LogP contribution in [0.25, 0.3) is 11.2 Å². The predicted molar refractivity (Wildman–Crippen MR) is 46.6 cm³/mol. The van der Waals surface area contributed by atoms with Gasteiger partial charge in [-0.25, -0.2) is 9.78 Å². The molecule has 2 aromatic rings. The number of hydrogen-bond acceptors (Lipinski definition) is 3. The highest BCUT2D eigenvalue weighted by Crippen LogP contribution is 2.00. The van der Waals surface area contributed by atoms with E-state index in [1.54, 1.807) is 4.57 Å². The Balaban J connectivity index is 2.98. The third kappa shape index (κ3) is 1.07. The first-order valence-corrected chi connectivity index (χ1v) is 3.90. The van der Waals surface area contributed by atoms with Crippen molar-refractivity contribution < 1.29 is 0 Å². The lowest BCUT2D eigenvalue weighted by Gasteiger charge is -1.95. The molecule has 68 valence electrons. The van der Waals surface area contributed by atoms with E-state index in [0.29, 0.717) is 12.2 Å². The largest absolute Gasteiger partial charge is 0.327 e. The summed E-state index contributed by atoms with van der Waals surface area (Å²) in [5, 5.41) is 0. The fraction of sp³-hybridized carbons (Fsp3) is 0.286. The van der Waals surface area contributed by atoms with Crippen molar-refractivity contribution in [1.82, 2.24) is 19.5 Å². The van der Waals surface area contributed by atoms with Crippen LogP contribution in [-0.2, 0) is 6.54 Å². The molecule has 0 aromatic carbocycles. The summed E-state index contributed by atoms with van der Waals surface area (Å²) in [6.07, 6.45) is 1.52. The van der Waals surface area contributed by atoms with Crippen molar-refractivity contribution in [2.45, 2.75) is 13.5 Å². The number of nitrogens with zero attached hydrogens (tertiary/aromatic N) is 2. The Labute approximate surface area is 72.2 Å². The van der Waals surface area contributed by atoms with Gasteiger partial charge in [0, 0.05) is 6.54 Å². The van der Waals surface area contributed by atoms with E-state index in [-0.39, 0.29) is 5.52 Å². The van der Waals surface area contributed by atoms with Crippen molar-refractivity contribution in [2.75, 3.05) is 0 Å². The van der Waals surface area contributed by atoms with Gasteiger partial charge in [0.05, 0.1) is 6.33 Å². The van der Waals surface area contributed by atoms with E-state index in [0.717, 1.165) is 0 Å². The summed E-state index contributed by atoms with van der Waals surface area (Å²) in [4.78, 5) is 30.6. The topological polar surface area (TPSA) is 83.5 Å². The zero-order chi connectivity index (χ0) is 9.42. The van der Waals surface area contributed by atoms with Gasteiger partial charge in [-0.3, -0.25) is 14.8 Å². The number of aromatic amines is 2. The average molecular weight is 180 g/mol. The molecule has 0 saturated heterocycles. The molecule has 0 saturated carbocycles. The van der Waals surface area contributed by atoms with Gasteiger partial charge in [-0.1, -0.05) is 0 Å². The molecular weight excluding hydrogens is 172 g/mol. The number of rotatable bonds is 1. The molecule has 2 heterocycles. The second-order valence-corrected chi connectivity index (χ2v) is 2.64. The first-order chi connectivity index (χ1) is 6.22. The van der Waals surface area contributed by atoms with Crippen molar-refractivity contribution in [2.24, 2.45) is 0 Å². The van der Waals surface area contributed by atoms with Crippen LogP contribution in [0.5, 0.6) is 0 Å². The molecule has 0 aliphatic heterocycles. The lowest BCUT2D eigenvalue weighted by atomic mass is 10.5. The standard InChI is InChI=1S/C7H8N4O2/c1-2-11-3-8-4-5(11)9-7(13)10-6(4)12/h3H,2H2,1H3,(H2,9,10,12,13). The fourth-order valence-electron chi connectivity index (χ4n) is 1.22. The highest BCUT2D eigenvalue weighted by Gasteiger charge is 2.05. The fourth-order valence-corrected chi connectivity index (χ4v) is 1.22. The molecule has 0 aliphatic carbocycles. The number of imidazole rings is 1. The highest BCUT2D eigenvalue weighted by molar-refractivity contribution is 5.68. The van der Waals surface area contributed by atoms with Crippen molar-refractivity contribution in [3.05, 3.63) is 27.2 Å². The van der Waals surface area contributed by atoms with Crippen LogP contribution >= 0.6 is 0 Å². The van der Waals surface area contributed by atoms with Crippen LogP contribution in [0.2, 0.25) is 0 Å². The molecule has 0 bridgehead atoms. The van der Waals surface area contributed by atoms with E-state index in [2.05, 4.69) is 15.0 Å². The number of aryl methyl sites for hydroxylation is 1. The predicted octanol–water partition coefficient (Wildman–Crippen LogP) is -0.567. The van der Waals surface area contributed by atoms with Gasteiger partial charge in [0.15, 0.2) is 5.52 Å². The van der Waals surface area contributed by atoms with Crippen LogP contribution in [-0.4, -0.2) is 19.5 Å². The van der Waals surface area contributed by atoms with Crippen LogP contribution in [0.1, 0.15) is 6.92 Å². The minimum Gasteiger partial charge on any atom is -0.317 e. The Morgan fingerprint density at radius 1 is 1.46 bits per heavy atom. The maximum absolute atomic E-state index is 11.2. The zero-order valence-electron chi connectivity index (χ0n) is 7.00. The number of fused-ring (bicyclic) bond motifs is 1. The van der Waals surface area contributed by atoms with Gasteiger partial charge in [0.25, 0.3) is 5.56 Å². The summed E-state index contributed by atoms with van der Waals surface area (Å²) >= 11 is 0. The number of H-pyrrole nitrogens is 2. The lowest BCUT2D eigenvalue weighted by Crippen LogP contribution is -2.22. The number of nitrogens with one attached hydrogen (secondary N) is 2. The molecule has 2 rings (SSSR count). The maximum Gasteiger partial charge on any atom is 0.327 e. The summed E-state index contributed by atoms with van der Waals surface area (Å²) in [5.74, 6) is 0. The normalized spacial score (nSPS) is 10.8. The van der Waals surface area contributed by atoms with Crippen molar-refractivity contribution in [1.29, 1.82) is 0 Å². The zero-order valence-corrected chi connectivity index (χ0v) is 7.00. The van der Waals surface area contributed by atoms with Crippen LogP contribution in [0.3, 0.4) is 0 Å². The molecule has 2 N–H and O–H groups in total. The van der Waals surface area contributed by atoms with Gasteiger partial charge < -0.3 is 4.57 Å². The number of hydrogen-bond donors (Lipinski definition) is 2. The van der Waals surface area contributed by atoms with Gasteiger partial charge in [0.2, 0.25) is 0 Å². The van der Waals surface area contributed by atoms with Crippen molar-refractivity contribution in [3.63, 3.8) is 0 Å². The smallest absolute Gasteiger partial charge is 0.317 e. The first kappa shape index (κ1) is 7.78. The van der Waals surface area contributed by atoms with Gasteiger partial charge in [-0.05, 0) is 6.92 Å². The second-order valence-electron chi connectivity index (χ2n) is 2.64. The first-order valence-electron chi connectivity index (χ1n) is 3.90. The average Bonchev–Trinajstić information content (AvgIpc) is 2.47. The summed E-state index contributed by atoms with van der Waals surface area (Å²) in [6.45, 7) is 2.57. The van der Waals surface area contributed by atoms with Gasteiger partial charge in [0.1, 0.15) is 5.65 Å². The van der Waals surface area contributed by atoms with Crippen LogP contribution in [0.15, 0.2) is 15.9 Å². The molecule has 2 aromatic heterocycles. The minimum atomic E-state index is -0.507.